The van der Waals surface area contributed by atoms with Gasteiger partial charge in [0.05, 0.1) is 11.0 Å². The van der Waals surface area contributed by atoms with Crippen LogP contribution in [0.4, 0.5) is 0 Å². The summed E-state index contributed by atoms with van der Waals surface area (Å²) in [5, 5.41) is 12.5. The maximum absolute atomic E-state index is 10.2. The largest absolute Gasteiger partial charge is 0.505 e. The van der Waals surface area contributed by atoms with Crippen LogP contribution in [0, 0.1) is 6.92 Å². The third kappa shape index (κ3) is 1.87. The topological polar surface area (TPSA) is 46.0 Å². The molecule has 1 N–H and O–H groups in total. The first kappa shape index (κ1) is 12.5. The van der Waals surface area contributed by atoms with Crippen LogP contribution in [0.3, 0.4) is 0 Å². The molecule has 102 valence electrons. The predicted octanol–water partition coefficient (Wildman–Crippen LogP) is 4.71. The molecule has 3 aromatic carbocycles. The Bertz CT molecular complexity index is 1030. The molecule has 0 radical (unpaired) electrons. The SMILES string of the molecule is Cc1cc(Br)c2nc3cc4ccccc4cc3nc2c1O. The van der Waals surface area contributed by atoms with Crippen molar-refractivity contribution in [2.75, 3.05) is 0 Å². The minimum Gasteiger partial charge on any atom is -0.505 e. The third-order valence-electron chi connectivity index (χ3n) is 3.70. The van der Waals surface area contributed by atoms with E-state index in [1.54, 1.807) is 0 Å². The third-order valence-corrected chi connectivity index (χ3v) is 4.30. The van der Waals surface area contributed by atoms with Gasteiger partial charge in [-0.3, -0.25) is 0 Å². The lowest BCUT2D eigenvalue weighted by Crippen LogP contribution is -1.91. The Labute approximate surface area is 129 Å². The molecule has 0 saturated heterocycles. The Morgan fingerprint density at radius 1 is 0.905 bits per heavy atom. The van der Waals surface area contributed by atoms with Crippen molar-refractivity contribution in [3.8, 4) is 5.75 Å². The molecule has 0 atom stereocenters. The first-order valence-electron chi connectivity index (χ1n) is 6.62. The molecular weight excluding hydrogens is 328 g/mol. The molecule has 0 aliphatic carbocycles. The van der Waals surface area contributed by atoms with Gasteiger partial charge >= 0.3 is 0 Å². The lowest BCUT2D eigenvalue weighted by molar-refractivity contribution is 0.476. The van der Waals surface area contributed by atoms with E-state index in [9.17, 15) is 5.11 Å². The Balaban J connectivity index is 2.20. The molecule has 0 aliphatic heterocycles. The van der Waals surface area contributed by atoms with Gasteiger partial charge in [-0.1, -0.05) is 24.3 Å². The summed E-state index contributed by atoms with van der Waals surface area (Å²) in [5.74, 6) is 0.191. The van der Waals surface area contributed by atoms with Gasteiger partial charge in [-0.15, -0.1) is 0 Å². The number of aryl methyl sites for hydroxylation is 1. The summed E-state index contributed by atoms with van der Waals surface area (Å²) in [6.07, 6.45) is 0. The maximum atomic E-state index is 10.2. The van der Waals surface area contributed by atoms with Crippen molar-refractivity contribution < 1.29 is 5.11 Å². The lowest BCUT2D eigenvalue weighted by atomic mass is 10.1. The summed E-state index contributed by atoms with van der Waals surface area (Å²) in [6, 6.07) is 14.0. The van der Waals surface area contributed by atoms with Gasteiger partial charge in [0.25, 0.3) is 0 Å². The quantitative estimate of drug-likeness (QED) is 0.472. The summed E-state index contributed by atoms with van der Waals surface area (Å²) in [6.45, 7) is 1.85. The van der Waals surface area contributed by atoms with Crippen molar-refractivity contribution in [1.29, 1.82) is 0 Å². The summed E-state index contributed by atoms with van der Waals surface area (Å²) < 4.78 is 0.843. The summed E-state index contributed by atoms with van der Waals surface area (Å²) in [4.78, 5) is 9.27. The van der Waals surface area contributed by atoms with Crippen molar-refractivity contribution in [1.82, 2.24) is 9.97 Å². The van der Waals surface area contributed by atoms with E-state index in [-0.39, 0.29) is 5.75 Å². The highest BCUT2D eigenvalue weighted by molar-refractivity contribution is 9.10. The molecule has 0 fully saturated rings. The van der Waals surface area contributed by atoms with Gasteiger partial charge < -0.3 is 5.11 Å². The fourth-order valence-electron chi connectivity index (χ4n) is 2.59. The van der Waals surface area contributed by atoms with E-state index in [0.717, 1.165) is 31.8 Å². The molecule has 4 aromatic rings. The zero-order chi connectivity index (χ0) is 14.6. The van der Waals surface area contributed by atoms with E-state index in [0.29, 0.717) is 11.0 Å². The Hall–Kier alpha value is -2.20. The fraction of sp³-hybridized carbons (Fsp3) is 0.0588. The van der Waals surface area contributed by atoms with E-state index in [2.05, 4.69) is 32.0 Å². The smallest absolute Gasteiger partial charge is 0.146 e. The van der Waals surface area contributed by atoms with Crippen molar-refractivity contribution >= 4 is 48.8 Å². The number of phenols is 1. The predicted molar refractivity (Wildman–Crippen MR) is 88.7 cm³/mol. The molecule has 0 bridgehead atoms. The van der Waals surface area contributed by atoms with Crippen molar-refractivity contribution in [2.24, 2.45) is 0 Å². The minimum absolute atomic E-state index is 0.191. The first-order chi connectivity index (χ1) is 10.1. The molecule has 4 heteroatoms. The second kappa shape index (κ2) is 4.40. The maximum Gasteiger partial charge on any atom is 0.146 e. The molecule has 21 heavy (non-hydrogen) atoms. The van der Waals surface area contributed by atoms with Gasteiger partial charge in [-0.05, 0) is 57.4 Å². The molecular formula is C17H11BrN2O. The molecule has 0 spiro atoms. The number of aromatic nitrogens is 2. The van der Waals surface area contributed by atoms with Crippen LogP contribution in [0.15, 0.2) is 46.9 Å². The van der Waals surface area contributed by atoms with Crippen molar-refractivity contribution in [2.45, 2.75) is 6.92 Å². The van der Waals surface area contributed by atoms with Gasteiger partial charge in [-0.25, -0.2) is 9.97 Å². The molecule has 4 rings (SSSR count). The molecule has 0 aliphatic rings. The second-order valence-corrected chi connectivity index (χ2v) is 5.99. The number of benzene rings is 3. The fourth-order valence-corrected chi connectivity index (χ4v) is 3.21. The van der Waals surface area contributed by atoms with Crippen LogP contribution in [-0.4, -0.2) is 15.1 Å². The molecule has 1 aromatic heterocycles. The monoisotopic (exact) mass is 338 g/mol. The molecule has 3 nitrogen and oxygen atoms in total. The van der Waals surface area contributed by atoms with E-state index in [4.69, 9.17) is 0 Å². The van der Waals surface area contributed by atoms with Gasteiger partial charge in [0.1, 0.15) is 16.8 Å². The number of hydrogen-bond acceptors (Lipinski definition) is 3. The van der Waals surface area contributed by atoms with E-state index < -0.39 is 0 Å². The number of rotatable bonds is 0. The molecule has 0 unspecified atom stereocenters. The van der Waals surface area contributed by atoms with E-state index >= 15 is 0 Å². The van der Waals surface area contributed by atoms with Gasteiger partial charge in [0, 0.05) is 4.47 Å². The summed E-state index contributed by atoms with van der Waals surface area (Å²) in [5.41, 5.74) is 3.61. The highest BCUT2D eigenvalue weighted by atomic mass is 79.9. The van der Waals surface area contributed by atoms with Crippen molar-refractivity contribution in [3.63, 3.8) is 0 Å². The van der Waals surface area contributed by atoms with Crippen LogP contribution in [0.25, 0.3) is 32.8 Å². The first-order valence-corrected chi connectivity index (χ1v) is 7.41. The van der Waals surface area contributed by atoms with Crippen LogP contribution in [0.1, 0.15) is 5.56 Å². The molecule has 0 amide bonds. The summed E-state index contributed by atoms with van der Waals surface area (Å²) in [7, 11) is 0. The van der Waals surface area contributed by atoms with Crippen molar-refractivity contribution in [3.05, 3.63) is 52.5 Å². The van der Waals surface area contributed by atoms with Crippen LogP contribution >= 0.6 is 15.9 Å². The van der Waals surface area contributed by atoms with Crippen LogP contribution in [-0.2, 0) is 0 Å². The van der Waals surface area contributed by atoms with E-state index in [1.165, 1.54) is 0 Å². The van der Waals surface area contributed by atoms with Crippen LogP contribution in [0.5, 0.6) is 5.75 Å². The highest BCUT2D eigenvalue weighted by Gasteiger charge is 2.12. The Morgan fingerprint density at radius 3 is 2.10 bits per heavy atom. The van der Waals surface area contributed by atoms with Crippen LogP contribution in [0.2, 0.25) is 0 Å². The lowest BCUT2D eigenvalue weighted by Gasteiger charge is -2.08. The number of hydrogen-bond donors (Lipinski definition) is 1. The number of aromatic hydroxyl groups is 1. The van der Waals surface area contributed by atoms with Gasteiger partial charge in [0.15, 0.2) is 0 Å². The van der Waals surface area contributed by atoms with Gasteiger partial charge in [0.2, 0.25) is 0 Å². The highest BCUT2D eigenvalue weighted by Crippen LogP contribution is 2.33. The number of fused-ring (bicyclic) bond motifs is 3. The molecule has 1 heterocycles. The zero-order valence-corrected chi connectivity index (χ0v) is 12.8. The van der Waals surface area contributed by atoms with E-state index in [1.807, 2.05) is 43.3 Å². The number of phenolic OH excluding ortho intramolecular Hbond substituents is 1. The minimum atomic E-state index is 0.191. The summed E-state index contributed by atoms with van der Waals surface area (Å²) >= 11 is 3.50. The van der Waals surface area contributed by atoms with Crippen LogP contribution < -0.4 is 0 Å². The Kier molecular flexibility index (Phi) is 2.62. The number of nitrogens with zero attached hydrogens (tertiary/aromatic N) is 2. The Morgan fingerprint density at radius 2 is 1.48 bits per heavy atom. The second-order valence-electron chi connectivity index (χ2n) is 5.13. The standard InChI is InChI=1S/C17H11BrN2O/c1-9-6-12(18)15-16(17(9)21)20-14-8-11-5-3-2-4-10(11)7-13(14)19-15/h2-8,21H,1H3. The van der Waals surface area contributed by atoms with Gasteiger partial charge in [-0.2, -0.15) is 0 Å². The average molecular weight is 339 g/mol. The average Bonchev–Trinajstić information content (AvgIpc) is 2.49. The number of halogens is 1. The molecule has 0 saturated carbocycles. The zero-order valence-electron chi connectivity index (χ0n) is 11.3. The normalized spacial score (nSPS) is 11.5.